The summed E-state index contributed by atoms with van der Waals surface area (Å²) in [6.45, 7) is -0.610. The highest BCUT2D eigenvalue weighted by Gasteiger charge is 2.43. The monoisotopic (exact) mass is 412 g/mol. The molecular weight excluding hydrogens is 392 g/mol. The molecule has 0 radical (unpaired) electrons. The van der Waals surface area contributed by atoms with Gasteiger partial charge in [0.25, 0.3) is 5.56 Å². The van der Waals surface area contributed by atoms with E-state index >= 15 is 0 Å². The molecular formula is C20H20N4O6. The highest BCUT2D eigenvalue weighted by molar-refractivity contribution is 5.62. The number of aromatic nitrogens is 4. The van der Waals surface area contributed by atoms with Crippen LogP contribution in [0.15, 0.2) is 64.7 Å². The van der Waals surface area contributed by atoms with Crippen molar-refractivity contribution in [1.29, 1.82) is 0 Å². The van der Waals surface area contributed by atoms with Crippen molar-refractivity contribution in [3.05, 3.63) is 81.7 Å². The second-order valence-corrected chi connectivity index (χ2v) is 6.93. The lowest BCUT2D eigenvalue weighted by atomic mass is 10.1. The van der Waals surface area contributed by atoms with E-state index in [1.54, 1.807) is 24.7 Å². The summed E-state index contributed by atoms with van der Waals surface area (Å²) in [7, 11) is 0. The average molecular weight is 412 g/mol. The van der Waals surface area contributed by atoms with Crippen molar-refractivity contribution in [2.75, 3.05) is 6.61 Å². The molecule has 10 nitrogen and oxygen atoms in total. The van der Waals surface area contributed by atoms with Crippen LogP contribution in [0.25, 0.3) is 11.1 Å². The van der Waals surface area contributed by atoms with Gasteiger partial charge in [0.1, 0.15) is 18.3 Å². The standard InChI is InChI=1S/C20H20N4O6/c25-11-15-17(27)18(28)19(30-15)23-8-4-16(26)24(20(23)29)10-14-9-13(3-7-22-14)12-1-5-21-6-2-12/h1-9,15,17-19,25,27-28H,10-11H2. The molecule has 3 aromatic heterocycles. The first-order chi connectivity index (χ1) is 14.5. The molecule has 0 spiro atoms. The molecule has 1 aliphatic rings. The third kappa shape index (κ3) is 3.68. The van der Waals surface area contributed by atoms with Crippen molar-refractivity contribution < 1.29 is 20.1 Å². The molecule has 3 aromatic rings. The molecule has 1 aliphatic heterocycles. The van der Waals surface area contributed by atoms with E-state index in [0.717, 1.165) is 20.3 Å². The zero-order chi connectivity index (χ0) is 21.3. The third-order valence-corrected chi connectivity index (χ3v) is 5.04. The molecule has 0 aromatic carbocycles. The Bertz CT molecular complexity index is 1150. The molecule has 156 valence electrons. The molecule has 0 amide bonds. The van der Waals surface area contributed by atoms with Gasteiger partial charge in [0.15, 0.2) is 6.23 Å². The van der Waals surface area contributed by atoms with Gasteiger partial charge in [-0.05, 0) is 35.4 Å². The number of pyridine rings is 2. The van der Waals surface area contributed by atoms with Gasteiger partial charge < -0.3 is 20.1 Å². The van der Waals surface area contributed by atoms with Crippen LogP contribution in [0, 0.1) is 0 Å². The van der Waals surface area contributed by atoms with E-state index in [-0.39, 0.29) is 6.54 Å². The van der Waals surface area contributed by atoms with Crippen LogP contribution in [0.5, 0.6) is 0 Å². The quantitative estimate of drug-likeness (QED) is 0.491. The SMILES string of the molecule is O=c1ccn(C2OC(CO)C(O)C2O)c(=O)n1Cc1cc(-c2ccncc2)ccn1. The minimum atomic E-state index is -1.43. The number of nitrogens with zero attached hydrogens (tertiary/aromatic N) is 4. The number of aliphatic hydroxyl groups excluding tert-OH is 3. The second-order valence-electron chi connectivity index (χ2n) is 6.93. The molecule has 4 atom stereocenters. The van der Waals surface area contributed by atoms with Gasteiger partial charge in [0, 0.05) is 30.9 Å². The summed E-state index contributed by atoms with van der Waals surface area (Å²) in [5, 5.41) is 29.4. The third-order valence-electron chi connectivity index (χ3n) is 5.04. The maximum atomic E-state index is 12.9. The minimum Gasteiger partial charge on any atom is -0.394 e. The van der Waals surface area contributed by atoms with Crippen LogP contribution < -0.4 is 11.2 Å². The van der Waals surface area contributed by atoms with Crippen LogP contribution in [0.2, 0.25) is 0 Å². The highest BCUT2D eigenvalue weighted by Crippen LogP contribution is 2.27. The minimum absolute atomic E-state index is 0.0910. The van der Waals surface area contributed by atoms with Crippen LogP contribution in [-0.4, -0.2) is 59.3 Å². The van der Waals surface area contributed by atoms with Crippen molar-refractivity contribution in [3.63, 3.8) is 0 Å². The van der Waals surface area contributed by atoms with Crippen LogP contribution in [-0.2, 0) is 11.3 Å². The Morgan fingerprint density at radius 1 is 1.00 bits per heavy atom. The Hall–Kier alpha value is -3.18. The zero-order valence-corrected chi connectivity index (χ0v) is 15.8. The summed E-state index contributed by atoms with van der Waals surface area (Å²) in [6.07, 6.45) is 1.06. The van der Waals surface area contributed by atoms with Gasteiger partial charge in [-0.25, -0.2) is 4.79 Å². The van der Waals surface area contributed by atoms with E-state index in [0.29, 0.717) is 5.69 Å². The van der Waals surface area contributed by atoms with Gasteiger partial charge in [-0.15, -0.1) is 0 Å². The Morgan fingerprint density at radius 2 is 1.73 bits per heavy atom. The smallest absolute Gasteiger partial charge is 0.333 e. The Kier molecular flexibility index (Phi) is 5.55. The summed E-state index contributed by atoms with van der Waals surface area (Å²) in [4.78, 5) is 33.5. The summed E-state index contributed by atoms with van der Waals surface area (Å²) in [5.41, 5.74) is 0.989. The largest absolute Gasteiger partial charge is 0.394 e. The van der Waals surface area contributed by atoms with E-state index in [2.05, 4.69) is 9.97 Å². The first kappa shape index (κ1) is 20.1. The summed E-state index contributed by atoms with van der Waals surface area (Å²) < 4.78 is 7.39. The molecule has 0 bridgehead atoms. The van der Waals surface area contributed by atoms with Gasteiger partial charge in [-0.1, -0.05) is 0 Å². The van der Waals surface area contributed by atoms with E-state index in [1.807, 2.05) is 18.2 Å². The molecule has 1 fully saturated rings. The topological polar surface area (TPSA) is 140 Å². The summed E-state index contributed by atoms with van der Waals surface area (Å²) in [5.74, 6) is 0. The van der Waals surface area contributed by atoms with Gasteiger partial charge in [-0.3, -0.25) is 23.9 Å². The van der Waals surface area contributed by atoms with E-state index in [9.17, 15) is 24.9 Å². The fourth-order valence-electron chi connectivity index (χ4n) is 3.43. The Balaban J connectivity index is 1.67. The van der Waals surface area contributed by atoms with E-state index in [4.69, 9.17) is 4.74 Å². The Labute approximate surface area is 170 Å². The van der Waals surface area contributed by atoms with Gasteiger partial charge in [0.2, 0.25) is 0 Å². The number of ether oxygens (including phenoxy) is 1. The average Bonchev–Trinajstić information content (AvgIpc) is 3.06. The molecule has 10 heteroatoms. The molecule has 1 saturated heterocycles. The second kappa shape index (κ2) is 8.28. The van der Waals surface area contributed by atoms with Crippen molar-refractivity contribution in [3.8, 4) is 11.1 Å². The summed E-state index contributed by atoms with van der Waals surface area (Å²) in [6, 6.07) is 8.42. The maximum absolute atomic E-state index is 12.9. The number of rotatable bonds is 5. The molecule has 0 aliphatic carbocycles. The number of aliphatic hydroxyl groups is 3. The normalized spacial score (nSPS) is 23.6. The zero-order valence-electron chi connectivity index (χ0n) is 15.8. The fourth-order valence-corrected chi connectivity index (χ4v) is 3.43. The molecule has 4 rings (SSSR count). The van der Waals surface area contributed by atoms with Crippen molar-refractivity contribution in [2.24, 2.45) is 0 Å². The first-order valence-corrected chi connectivity index (χ1v) is 9.29. The van der Waals surface area contributed by atoms with E-state index in [1.165, 1.54) is 12.3 Å². The number of hydrogen-bond donors (Lipinski definition) is 3. The predicted octanol–water partition coefficient (Wildman–Crippen LogP) is -0.873. The molecule has 30 heavy (non-hydrogen) atoms. The maximum Gasteiger partial charge on any atom is 0.333 e. The molecule has 4 unspecified atom stereocenters. The molecule has 0 saturated carbocycles. The van der Waals surface area contributed by atoms with Gasteiger partial charge >= 0.3 is 5.69 Å². The lowest BCUT2D eigenvalue weighted by molar-refractivity contribution is -0.0555. The van der Waals surface area contributed by atoms with Crippen LogP contribution >= 0.6 is 0 Å². The predicted molar refractivity (Wildman–Crippen MR) is 105 cm³/mol. The van der Waals surface area contributed by atoms with Crippen molar-refractivity contribution in [1.82, 2.24) is 19.1 Å². The van der Waals surface area contributed by atoms with Crippen LogP contribution in [0.4, 0.5) is 0 Å². The lowest BCUT2D eigenvalue weighted by Crippen LogP contribution is -2.43. The highest BCUT2D eigenvalue weighted by atomic mass is 16.6. The Morgan fingerprint density at radius 3 is 2.43 bits per heavy atom. The van der Waals surface area contributed by atoms with Crippen molar-refractivity contribution >= 4 is 0 Å². The fraction of sp³-hybridized carbons (Fsp3) is 0.300. The molecule has 3 N–H and O–H groups in total. The van der Waals surface area contributed by atoms with Gasteiger partial charge in [0.05, 0.1) is 18.8 Å². The van der Waals surface area contributed by atoms with Crippen molar-refractivity contribution in [2.45, 2.75) is 31.1 Å². The van der Waals surface area contributed by atoms with Gasteiger partial charge in [-0.2, -0.15) is 0 Å². The first-order valence-electron chi connectivity index (χ1n) is 9.29. The van der Waals surface area contributed by atoms with Crippen LogP contribution in [0.3, 0.4) is 0 Å². The lowest BCUT2D eigenvalue weighted by Gasteiger charge is -2.18. The molecule has 4 heterocycles. The van der Waals surface area contributed by atoms with Crippen LogP contribution in [0.1, 0.15) is 11.9 Å². The summed E-state index contributed by atoms with van der Waals surface area (Å²) >= 11 is 0. The number of hydrogen-bond acceptors (Lipinski definition) is 8. The van der Waals surface area contributed by atoms with E-state index < -0.39 is 42.4 Å².